The van der Waals surface area contributed by atoms with Gasteiger partial charge in [-0.3, -0.25) is 4.79 Å². The summed E-state index contributed by atoms with van der Waals surface area (Å²) in [5, 5.41) is 9.43. The highest BCUT2D eigenvalue weighted by atomic mass is 32.2. The lowest BCUT2D eigenvalue weighted by Gasteiger charge is -2.56. The Kier molecular flexibility index (Phi) is 3.82. The van der Waals surface area contributed by atoms with Crippen molar-refractivity contribution in [2.24, 2.45) is 30.2 Å². The average molecular weight is 372 g/mol. The molecular weight excluding hydrogens is 346 g/mol. The van der Waals surface area contributed by atoms with Gasteiger partial charge in [0.15, 0.2) is 11.0 Å². The maximum Gasteiger partial charge on any atom is 0.191 e. The third-order valence-electron chi connectivity index (χ3n) is 6.90. The van der Waals surface area contributed by atoms with Gasteiger partial charge in [0.2, 0.25) is 0 Å². The zero-order valence-electron chi connectivity index (χ0n) is 15.4. The maximum absolute atomic E-state index is 13.2. The molecule has 4 saturated carbocycles. The number of carbonyl (C=O) groups is 1. The minimum atomic E-state index is -0.0235. The topological polar surface area (TPSA) is 60.9 Å². The first-order chi connectivity index (χ1) is 12.5. The van der Waals surface area contributed by atoms with Gasteiger partial charge in [0.1, 0.15) is 11.5 Å². The van der Waals surface area contributed by atoms with Crippen molar-refractivity contribution in [3.05, 3.63) is 18.1 Å². The number of aromatic nitrogens is 3. The summed E-state index contributed by atoms with van der Waals surface area (Å²) >= 11 is 1.54. The van der Waals surface area contributed by atoms with Crippen LogP contribution in [0, 0.1) is 30.1 Å². The average Bonchev–Trinajstić information content (AvgIpc) is 3.17. The SMILES string of the molecule is Cc1occc1-c1nnc(SCC(=O)C23CC4CC(CC(C4)C2)C3)n1C. The first-order valence-corrected chi connectivity index (χ1v) is 10.6. The van der Waals surface area contributed by atoms with Gasteiger partial charge in [-0.1, -0.05) is 11.8 Å². The van der Waals surface area contributed by atoms with Crippen molar-refractivity contribution >= 4 is 17.5 Å². The zero-order chi connectivity index (χ0) is 17.9. The van der Waals surface area contributed by atoms with E-state index >= 15 is 0 Å². The van der Waals surface area contributed by atoms with E-state index in [-0.39, 0.29) is 5.41 Å². The van der Waals surface area contributed by atoms with Crippen LogP contribution in [-0.2, 0) is 11.8 Å². The quantitative estimate of drug-likeness (QED) is 0.735. The van der Waals surface area contributed by atoms with Crippen LogP contribution in [0.1, 0.15) is 44.3 Å². The van der Waals surface area contributed by atoms with Crippen LogP contribution in [0.4, 0.5) is 0 Å². The van der Waals surface area contributed by atoms with Gasteiger partial charge in [0.25, 0.3) is 0 Å². The van der Waals surface area contributed by atoms with Crippen molar-refractivity contribution in [3.63, 3.8) is 0 Å². The summed E-state index contributed by atoms with van der Waals surface area (Å²) in [4.78, 5) is 13.2. The lowest BCUT2D eigenvalue weighted by atomic mass is 9.48. The Morgan fingerprint density at radius 3 is 2.46 bits per heavy atom. The molecular formula is C20H25N3O2S. The Morgan fingerprint density at radius 2 is 1.88 bits per heavy atom. The predicted molar refractivity (Wildman–Crippen MR) is 99.8 cm³/mol. The van der Waals surface area contributed by atoms with E-state index < -0.39 is 0 Å². The van der Waals surface area contributed by atoms with E-state index in [2.05, 4.69) is 10.2 Å². The summed E-state index contributed by atoms with van der Waals surface area (Å²) in [5.74, 6) is 5.01. The summed E-state index contributed by atoms with van der Waals surface area (Å²) in [5.41, 5.74) is 0.934. The number of furan rings is 1. The molecule has 0 amide bonds. The first kappa shape index (κ1) is 16.6. The Hall–Kier alpha value is -1.56. The lowest BCUT2D eigenvalue weighted by Crippen LogP contribution is -2.50. The van der Waals surface area contributed by atoms with Crippen molar-refractivity contribution in [3.8, 4) is 11.4 Å². The standard InChI is InChI=1S/C20H25N3O2S/c1-12-16(3-4-25-12)18-21-22-19(23(18)2)26-11-17(24)20-8-13-5-14(9-20)7-15(6-13)10-20/h3-4,13-15H,5-11H2,1-2H3. The van der Waals surface area contributed by atoms with Crippen LogP contribution in [-0.4, -0.2) is 26.3 Å². The summed E-state index contributed by atoms with van der Waals surface area (Å²) < 4.78 is 7.34. The van der Waals surface area contributed by atoms with E-state index in [1.54, 1.807) is 6.26 Å². The van der Waals surface area contributed by atoms with Crippen molar-refractivity contribution in [2.75, 3.05) is 5.75 Å². The normalized spacial score (nSPS) is 32.3. The molecule has 0 N–H and O–H groups in total. The fraction of sp³-hybridized carbons (Fsp3) is 0.650. The van der Waals surface area contributed by atoms with Crippen molar-refractivity contribution in [1.29, 1.82) is 0 Å². The molecule has 138 valence electrons. The Labute approximate surface area is 157 Å². The lowest BCUT2D eigenvalue weighted by molar-refractivity contribution is -0.141. The van der Waals surface area contributed by atoms with Crippen LogP contribution in [0.15, 0.2) is 21.9 Å². The fourth-order valence-corrected chi connectivity index (χ4v) is 6.97. The van der Waals surface area contributed by atoms with Gasteiger partial charge in [-0.2, -0.15) is 0 Å². The van der Waals surface area contributed by atoms with Crippen LogP contribution in [0.25, 0.3) is 11.4 Å². The number of Topliss-reactive ketones (excluding diaryl/α,β-unsaturated/α-hetero) is 1. The molecule has 6 rings (SSSR count). The molecule has 26 heavy (non-hydrogen) atoms. The molecule has 0 radical (unpaired) electrons. The Bertz CT molecular complexity index is 818. The highest BCUT2D eigenvalue weighted by Gasteiger charge is 2.54. The van der Waals surface area contributed by atoms with E-state index in [0.717, 1.165) is 59.3 Å². The van der Waals surface area contributed by atoms with E-state index in [0.29, 0.717) is 11.5 Å². The molecule has 0 unspecified atom stereocenters. The molecule has 0 spiro atoms. The van der Waals surface area contributed by atoms with Gasteiger partial charge < -0.3 is 8.98 Å². The van der Waals surface area contributed by atoms with Gasteiger partial charge in [0, 0.05) is 12.5 Å². The molecule has 4 bridgehead atoms. The summed E-state index contributed by atoms with van der Waals surface area (Å²) in [6.07, 6.45) is 9.19. The first-order valence-electron chi connectivity index (χ1n) is 9.64. The molecule has 0 aliphatic heterocycles. The van der Waals surface area contributed by atoms with E-state index in [1.807, 2.05) is 24.6 Å². The van der Waals surface area contributed by atoms with Gasteiger partial charge in [-0.05, 0) is 69.3 Å². The van der Waals surface area contributed by atoms with Crippen LogP contribution in [0.5, 0.6) is 0 Å². The molecule has 4 aliphatic rings. The molecule has 2 aromatic heterocycles. The number of rotatable bonds is 5. The number of thioether (sulfide) groups is 1. The summed E-state index contributed by atoms with van der Waals surface area (Å²) in [6.45, 7) is 1.92. The largest absolute Gasteiger partial charge is 0.469 e. The highest BCUT2D eigenvalue weighted by Crippen LogP contribution is 2.60. The number of ketones is 1. The molecule has 0 aromatic carbocycles. The fourth-order valence-electron chi connectivity index (χ4n) is 6.03. The molecule has 0 atom stereocenters. The third kappa shape index (κ3) is 2.56. The van der Waals surface area contributed by atoms with Crippen LogP contribution >= 0.6 is 11.8 Å². The van der Waals surface area contributed by atoms with E-state index in [1.165, 1.54) is 31.0 Å². The number of carbonyl (C=O) groups excluding carboxylic acids is 1. The molecule has 2 heterocycles. The molecule has 2 aromatic rings. The molecule has 4 aliphatic carbocycles. The van der Waals surface area contributed by atoms with Crippen LogP contribution < -0.4 is 0 Å². The van der Waals surface area contributed by atoms with Gasteiger partial charge in [-0.25, -0.2) is 0 Å². The molecule has 4 fully saturated rings. The summed E-state index contributed by atoms with van der Waals surface area (Å²) in [6, 6.07) is 1.91. The zero-order valence-corrected chi connectivity index (χ0v) is 16.2. The van der Waals surface area contributed by atoms with Gasteiger partial charge in [-0.15, -0.1) is 10.2 Å². The maximum atomic E-state index is 13.2. The number of hydrogen-bond donors (Lipinski definition) is 0. The van der Waals surface area contributed by atoms with Crippen molar-refractivity contribution < 1.29 is 9.21 Å². The molecule has 6 heteroatoms. The third-order valence-corrected chi connectivity index (χ3v) is 7.92. The van der Waals surface area contributed by atoms with E-state index in [4.69, 9.17) is 4.42 Å². The minimum Gasteiger partial charge on any atom is -0.469 e. The smallest absolute Gasteiger partial charge is 0.191 e. The summed E-state index contributed by atoms with van der Waals surface area (Å²) in [7, 11) is 1.96. The molecule has 5 nitrogen and oxygen atoms in total. The minimum absolute atomic E-state index is 0.0235. The Balaban J connectivity index is 1.31. The van der Waals surface area contributed by atoms with Crippen molar-refractivity contribution in [1.82, 2.24) is 14.8 Å². The Morgan fingerprint density at radius 1 is 1.23 bits per heavy atom. The van der Waals surface area contributed by atoms with Crippen LogP contribution in [0.2, 0.25) is 0 Å². The predicted octanol–water partition coefficient (Wildman–Crippen LogP) is 4.26. The van der Waals surface area contributed by atoms with Gasteiger partial charge in [0.05, 0.1) is 17.6 Å². The number of aryl methyl sites for hydroxylation is 1. The van der Waals surface area contributed by atoms with Crippen LogP contribution in [0.3, 0.4) is 0 Å². The van der Waals surface area contributed by atoms with E-state index in [9.17, 15) is 4.79 Å². The van der Waals surface area contributed by atoms with Crippen molar-refractivity contribution in [2.45, 2.75) is 50.6 Å². The second-order valence-corrected chi connectivity index (χ2v) is 9.61. The molecule has 0 saturated heterocycles. The monoisotopic (exact) mass is 371 g/mol. The highest BCUT2D eigenvalue weighted by molar-refractivity contribution is 7.99. The van der Waals surface area contributed by atoms with Gasteiger partial charge >= 0.3 is 0 Å². The number of nitrogens with zero attached hydrogens (tertiary/aromatic N) is 3. The number of hydrogen-bond acceptors (Lipinski definition) is 5. The second-order valence-electron chi connectivity index (χ2n) is 8.67. The second kappa shape index (κ2) is 5.98.